The number of aromatic amines is 1. The molecular formula is C15H13N3O3. The first kappa shape index (κ1) is 11.9. The van der Waals surface area contributed by atoms with Crippen LogP contribution in [0.15, 0.2) is 36.4 Å². The number of aromatic nitrogens is 2. The lowest BCUT2D eigenvalue weighted by Gasteiger charge is -2.03. The van der Waals surface area contributed by atoms with Gasteiger partial charge in [0.15, 0.2) is 11.5 Å². The van der Waals surface area contributed by atoms with Crippen molar-refractivity contribution in [1.29, 1.82) is 0 Å². The van der Waals surface area contributed by atoms with Gasteiger partial charge in [-0.2, -0.15) is 0 Å². The molecule has 0 aliphatic carbocycles. The molecule has 0 bridgehead atoms. The molecular weight excluding hydrogens is 270 g/mol. The van der Waals surface area contributed by atoms with Crippen molar-refractivity contribution in [3.05, 3.63) is 36.4 Å². The lowest BCUT2D eigenvalue weighted by molar-refractivity contribution is 0.174. The third kappa shape index (κ3) is 2.10. The van der Waals surface area contributed by atoms with E-state index in [-0.39, 0.29) is 6.79 Å². The normalized spacial score (nSPS) is 12.6. The molecule has 2 N–H and O–H groups in total. The summed E-state index contributed by atoms with van der Waals surface area (Å²) in [4.78, 5) is 7.71. The molecule has 4 rings (SSSR count). The largest absolute Gasteiger partial charge is 0.497 e. The Morgan fingerprint density at radius 1 is 1.14 bits per heavy atom. The van der Waals surface area contributed by atoms with E-state index in [4.69, 9.17) is 14.2 Å². The average Bonchev–Trinajstić information content (AvgIpc) is 3.10. The predicted molar refractivity (Wildman–Crippen MR) is 78.5 cm³/mol. The van der Waals surface area contributed by atoms with Crippen LogP contribution in [0.3, 0.4) is 0 Å². The van der Waals surface area contributed by atoms with E-state index in [9.17, 15) is 0 Å². The molecule has 1 aliphatic heterocycles. The van der Waals surface area contributed by atoms with Crippen molar-refractivity contribution in [1.82, 2.24) is 9.97 Å². The smallest absolute Gasteiger partial charge is 0.231 e. The van der Waals surface area contributed by atoms with Crippen LogP contribution in [0.1, 0.15) is 0 Å². The lowest BCUT2D eigenvalue weighted by atomic mass is 10.3. The molecule has 3 aromatic rings. The van der Waals surface area contributed by atoms with Crippen LogP contribution in [-0.2, 0) is 0 Å². The fraction of sp³-hybridized carbons (Fsp3) is 0.133. The Kier molecular flexibility index (Phi) is 2.60. The Hall–Kier alpha value is -2.89. The minimum atomic E-state index is 0.263. The first-order valence-corrected chi connectivity index (χ1v) is 6.52. The van der Waals surface area contributed by atoms with Crippen molar-refractivity contribution in [3.8, 4) is 17.2 Å². The number of anilines is 2. The van der Waals surface area contributed by atoms with E-state index in [2.05, 4.69) is 15.3 Å². The van der Waals surface area contributed by atoms with Crippen LogP contribution < -0.4 is 19.5 Å². The minimum Gasteiger partial charge on any atom is -0.497 e. The fourth-order valence-electron chi connectivity index (χ4n) is 2.27. The monoisotopic (exact) mass is 283 g/mol. The first-order valence-electron chi connectivity index (χ1n) is 6.52. The second-order valence-corrected chi connectivity index (χ2v) is 4.66. The summed E-state index contributed by atoms with van der Waals surface area (Å²) < 4.78 is 15.8. The number of benzene rings is 2. The molecule has 0 radical (unpaired) electrons. The number of methoxy groups -OCH3 is 1. The summed E-state index contributed by atoms with van der Waals surface area (Å²) in [6, 6.07) is 11.4. The van der Waals surface area contributed by atoms with E-state index in [1.165, 1.54) is 0 Å². The number of hydrogen-bond acceptors (Lipinski definition) is 5. The molecule has 0 saturated heterocycles. The van der Waals surface area contributed by atoms with Crippen LogP contribution in [0, 0.1) is 0 Å². The SMILES string of the molecule is COc1ccc(Nc2nc3cc4c(cc3[nH]2)OCO4)cc1. The van der Waals surface area contributed by atoms with Crippen LogP contribution in [-0.4, -0.2) is 23.9 Å². The molecule has 2 aromatic carbocycles. The maximum absolute atomic E-state index is 5.36. The van der Waals surface area contributed by atoms with Crippen molar-refractivity contribution in [2.45, 2.75) is 0 Å². The number of rotatable bonds is 3. The number of nitrogens with zero attached hydrogens (tertiary/aromatic N) is 1. The van der Waals surface area contributed by atoms with E-state index in [0.29, 0.717) is 5.95 Å². The van der Waals surface area contributed by atoms with Gasteiger partial charge in [0, 0.05) is 17.8 Å². The number of ether oxygens (including phenoxy) is 3. The zero-order valence-electron chi connectivity index (χ0n) is 11.3. The van der Waals surface area contributed by atoms with Crippen LogP contribution in [0.2, 0.25) is 0 Å². The Labute approximate surface area is 120 Å². The zero-order chi connectivity index (χ0) is 14.2. The van der Waals surface area contributed by atoms with E-state index >= 15 is 0 Å². The molecule has 21 heavy (non-hydrogen) atoms. The van der Waals surface area contributed by atoms with Crippen molar-refractivity contribution < 1.29 is 14.2 Å². The van der Waals surface area contributed by atoms with Gasteiger partial charge in [0.05, 0.1) is 18.1 Å². The van der Waals surface area contributed by atoms with Gasteiger partial charge in [-0.15, -0.1) is 0 Å². The molecule has 2 heterocycles. The lowest BCUT2D eigenvalue weighted by Crippen LogP contribution is -1.93. The standard InChI is InChI=1S/C15H13N3O3/c1-19-10-4-2-9(3-5-10)16-15-17-11-6-13-14(21-8-20-13)7-12(11)18-15/h2-7H,8H2,1H3,(H2,16,17,18). The van der Waals surface area contributed by atoms with Gasteiger partial charge in [0.1, 0.15) is 5.75 Å². The maximum Gasteiger partial charge on any atom is 0.231 e. The molecule has 106 valence electrons. The third-order valence-electron chi connectivity index (χ3n) is 3.33. The van der Waals surface area contributed by atoms with Gasteiger partial charge < -0.3 is 24.5 Å². The quantitative estimate of drug-likeness (QED) is 0.773. The topological polar surface area (TPSA) is 68.4 Å². The highest BCUT2D eigenvalue weighted by Crippen LogP contribution is 2.35. The third-order valence-corrected chi connectivity index (χ3v) is 3.33. The van der Waals surface area contributed by atoms with Gasteiger partial charge in [0.2, 0.25) is 12.7 Å². The molecule has 0 unspecified atom stereocenters. The molecule has 0 saturated carbocycles. The van der Waals surface area contributed by atoms with E-state index in [1.54, 1.807) is 7.11 Å². The molecule has 0 amide bonds. The maximum atomic E-state index is 5.36. The Bertz CT molecular complexity index is 755. The summed E-state index contributed by atoms with van der Waals surface area (Å²) in [5, 5.41) is 3.22. The second kappa shape index (κ2) is 4.59. The highest BCUT2D eigenvalue weighted by atomic mass is 16.7. The highest BCUT2D eigenvalue weighted by molar-refractivity contribution is 5.82. The van der Waals surface area contributed by atoms with Gasteiger partial charge in [-0.25, -0.2) is 4.98 Å². The summed E-state index contributed by atoms with van der Waals surface area (Å²) in [6.07, 6.45) is 0. The summed E-state index contributed by atoms with van der Waals surface area (Å²) >= 11 is 0. The second-order valence-electron chi connectivity index (χ2n) is 4.66. The zero-order valence-corrected chi connectivity index (χ0v) is 11.3. The number of fused-ring (bicyclic) bond motifs is 2. The molecule has 0 atom stereocenters. The van der Waals surface area contributed by atoms with Gasteiger partial charge in [-0.3, -0.25) is 0 Å². The summed E-state index contributed by atoms with van der Waals surface area (Å²) in [7, 11) is 1.64. The van der Waals surface area contributed by atoms with Crippen molar-refractivity contribution in [3.63, 3.8) is 0 Å². The Morgan fingerprint density at radius 3 is 2.67 bits per heavy atom. The Morgan fingerprint density at radius 2 is 1.90 bits per heavy atom. The van der Waals surface area contributed by atoms with Crippen molar-refractivity contribution in [2.75, 3.05) is 19.2 Å². The van der Waals surface area contributed by atoms with E-state index in [1.807, 2.05) is 36.4 Å². The predicted octanol–water partition coefficient (Wildman–Crippen LogP) is 3.04. The summed E-state index contributed by atoms with van der Waals surface area (Å²) in [5.74, 6) is 2.95. The summed E-state index contributed by atoms with van der Waals surface area (Å²) in [5.41, 5.74) is 2.65. The number of imidazole rings is 1. The van der Waals surface area contributed by atoms with Crippen LogP contribution in [0.25, 0.3) is 11.0 Å². The fourth-order valence-corrected chi connectivity index (χ4v) is 2.27. The van der Waals surface area contributed by atoms with Gasteiger partial charge in [-0.1, -0.05) is 0 Å². The van der Waals surface area contributed by atoms with Crippen molar-refractivity contribution in [2.24, 2.45) is 0 Å². The number of hydrogen-bond donors (Lipinski definition) is 2. The first-order chi connectivity index (χ1) is 10.3. The summed E-state index contributed by atoms with van der Waals surface area (Å²) in [6.45, 7) is 0.263. The van der Waals surface area contributed by atoms with Crippen LogP contribution >= 0.6 is 0 Å². The molecule has 1 aliphatic rings. The van der Waals surface area contributed by atoms with Gasteiger partial charge in [-0.05, 0) is 24.3 Å². The Balaban J connectivity index is 1.64. The molecule has 1 aromatic heterocycles. The van der Waals surface area contributed by atoms with Crippen molar-refractivity contribution >= 4 is 22.7 Å². The van der Waals surface area contributed by atoms with E-state index in [0.717, 1.165) is 34.0 Å². The van der Waals surface area contributed by atoms with Crippen LogP contribution in [0.4, 0.5) is 11.6 Å². The minimum absolute atomic E-state index is 0.263. The molecule has 0 spiro atoms. The number of nitrogens with one attached hydrogen (secondary N) is 2. The van der Waals surface area contributed by atoms with Gasteiger partial charge >= 0.3 is 0 Å². The average molecular weight is 283 g/mol. The molecule has 0 fully saturated rings. The highest BCUT2D eigenvalue weighted by Gasteiger charge is 2.16. The van der Waals surface area contributed by atoms with E-state index < -0.39 is 0 Å². The number of H-pyrrole nitrogens is 1. The van der Waals surface area contributed by atoms with Crippen LogP contribution in [0.5, 0.6) is 17.2 Å². The molecule has 6 heteroatoms. The molecule has 6 nitrogen and oxygen atoms in total. The van der Waals surface area contributed by atoms with Gasteiger partial charge in [0.25, 0.3) is 0 Å².